The van der Waals surface area contributed by atoms with Crippen molar-refractivity contribution in [2.75, 3.05) is 32.7 Å². The van der Waals surface area contributed by atoms with E-state index in [0.717, 1.165) is 24.3 Å². The molecule has 152 valence electrons. The molecule has 6 heteroatoms. The lowest BCUT2D eigenvalue weighted by molar-refractivity contribution is -0.159. The number of nitrogens with zero attached hydrogens (tertiary/aromatic N) is 2. The molecule has 4 rings (SSSR count). The van der Waals surface area contributed by atoms with Crippen molar-refractivity contribution in [3.8, 4) is 0 Å². The summed E-state index contributed by atoms with van der Waals surface area (Å²) in [5.74, 6) is -0.893. The highest BCUT2D eigenvalue weighted by molar-refractivity contribution is 6.27. The molecule has 6 nitrogen and oxygen atoms in total. The third kappa shape index (κ3) is 5.42. The van der Waals surface area contributed by atoms with Crippen LogP contribution in [0, 0.1) is 24.7 Å². The van der Waals surface area contributed by atoms with E-state index in [1.807, 2.05) is 0 Å². The third-order valence-electron chi connectivity index (χ3n) is 6.21. The monoisotopic (exact) mass is 386 g/mol. The molecule has 0 amide bonds. The van der Waals surface area contributed by atoms with Gasteiger partial charge >= 0.3 is 11.9 Å². The summed E-state index contributed by atoms with van der Waals surface area (Å²) >= 11 is 0. The van der Waals surface area contributed by atoms with Gasteiger partial charge in [-0.25, -0.2) is 9.59 Å². The maximum atomic E-state index is 9.10. The lowest BCUT2D eigenvalue weighted by Crippen LogP contribution is -2.47. The first-order valence-electron chi connectivity index (χ1n) is 10.1. The minimum absolute atomic E-state index is 0.898. The molecule has 1 aliphatic heterocycles. The fraction of sp³-hybridized carbons (Fsp3) is 0.545. The molecule has 2 bridgehead atoms. The van der Waals surface area contributed by atoms with Gasteiger partial charge in [-0.1, -0.05) is 36.4 Å². The first-order chi connectivity index (χ1) is 13.4. The fourth-order valence-electron chi connectivity index (χ4n) is 4.59. The topological polar surface area (TPSA) is 81.1 Å². The molecule has 3 atom stereocenters. The highest BCUT2D eigenvalue weighted by Gasteiger charge is 2.36. The van der Waals surface area contributed by atoms with E-state index in [-0.39, 0.29) is 0 Å². The summed E-state index contributed by atoms with van der Waals surface area (Å²) in [5.41, 5.74) is 2.92. The molecule has 0 radical (unpaired) electrons. The van der Waals surface area contributed by atoms with Crippen molar-refractivity contribution in [1.82, 2.24) is 9.80 Å². The summed E-state index contributed by atoms with van der Waals surface area (Å²) in [6.07, 6.45) is 7.84. The van der Waals surface area contributed by atoms with E-state index >= 15 is 0 Å². The van der Waals surface area contributed by atoms with Gasteiger partial charge in [-0.05, 0) is 48.6 Å². The smallest absolute Gasteiger partial charge is 0.414 e. The third-order valence-corrected chi connectivity index (χ3v) is 6.21. The number of allylic oxidation sites excluding steroid dienone is 2. The van der Waals surface area contributed by atoms with Crippen LogP contribution in [0.2, 0.25) is 0 Å². The molecular formula is C22H30N2O4. The van der Waals surface area contributed by atoms with Crippen LogP contribution < -0.4 is 0 Å². The van der Waals surface area contributed by atoms with E-state index in [1.54, 1.807) is 0 Å². The lowest BCUT2D eigenvalue weighted by Gasteiger charge is -2.37. The van der Waals surface area contributed by atoms with Gasteiger partial charge in [0, 0.05) is 39.3 Å². The molecule has 2 aliphatic carbocycles. The number of hydrogen-bond donors (Lipinski definition) is 2. The molecule has 1 aromatic carbocycles. The predicted molar refractivity (Wildman–Crippen MR) is 107 cm³/mol. The van der Waals surface area contributed by atoms with E-state index in [1.165, 1.54) is 56.7 Å². The Morgan fingerprint density at radius 3 is 2.14 bits per heavy atom. The van der Waals surface area contributed by atoms with Crippen molar-refractivity contribution in [3.05, 3.63) is 47.5 Å². The Bertz CT molecular complexity index is 713. The van der Waals surface area contributed by atoms with E-state index in [9.17, 15) is 0 Å². The zero-order chi connectivity index (χ0) is 20.1. The lowest BCUT2D eigenvalue weighted by atomic mass is 9.93. The Hall–Kier alpha value is -2.18. The van der Waals surface area contributed by atoms with Crippen LogP contribution >= 0.6 is 0 Å². The Morgan fingerprint density at radius 1 is 0.964 bits per heavy atom. The number of fused-ring (bicyclic) bond motifs is 2. The zero-order valence-electron chi connectivity index (χ0n) is 16.5. The maximum Gasteiger partial charge on any atom is 0.414 e. The van der Waals surface area contributed by atoms with Crippen molar-refractivity contribution in [2.45, 2.75) is 26.3 Å². The largest absolute Gasteiger partial charge is 0.473 e. The molecule has 28 heavy (non-hydrogen) atoms. The first kappa shape index (κ1) is 20.6. The molecule has 1 heterocycles. The zero-order valence-corrected chi connectivity index (χ0v) is 16.5. The fourth-order valence-corrected chi connectivity index (χ4v) is 4.59. The number of aliphatic carboxylic acids is 2. The molecule has 0 spiro atoms. The number of piperazine rings is 1. The van der Waals surface area contributed by atoms with Crippen LogP contribution in [-0.4, -0.2) is 64.7 Å². The Balaban J connectivity index is 0.000000330. The van der Waals surface area contributed by atoms with Gasteiger partial charge in [0.1, 0.15) is 0 Å². The van der Waals surface area contributed by atoms with Crippen molar-refractivity contribution in [2.24, 2.45) is 17.8 Å². The second-order valence-corrected chi connectivity index (χ2v) is 8.15. The van der Waals surface area contributed by atoms with Crippen molar-refractivity contribution in [1.29, 1.82) is 0 Å². The normalized spacial score (nSPS) is 26.7. The minimum Gasteiger partial charge on any atom is -0.473 e. The van der Waals surface area contributed by atoms with Crippen molar-refractivity contribution in [3.63, 3.8) is 0 Å². The van der Waals surface area contributed by atoms with Crippen molar-refractivity contribution >= 4 is 11.9 Å². The molecule has 3 unspecified atom stereocenters. The molecule has 1 saturated carbocycles. The van der Waals surface area contributed by atoms with Gasteiger partial charge in [0.25, 0.3) is 0 Å². The molecule has 3 aliphatic rings. The standard InChI is InChI=1S/C20H28N2.C2H2O4/c1-16-4-2-3-5-19(16)14-21-8-10-22(11-9-21)15-20-13-17-6-7-18(20)12-17;3-1(4)2(5)6/h2-7,17-18,20H,8-15H2,1H3;(H,3,4)(H,5,6). The average molecular weight is 386 g/mol. The molecule has 1 aromatic rings. The SMILES string of the molecule is Cc1ccccc1CN1CCN(CC2CC3C=CC2C3)CC1.O=C(O)C(=O)O. The highest BCUT2D eigenvalue weighted by Crippen LogP contribution is 2.43. The molecule has 2 fully saturated rings. The molecular weight excluding hydrogens is 356 g/mol. The van der Waals surface area contributed by atoms with Crippen LogP contribution in [0.5, 0.6) is 0 Å². The van der Waals surface area contributed by atoms with Crippen LogP contribution in [0.3, 0.4) is 0 Å². The molecule has 2 N–H and O–H groups in total. The summed E-state index contributed by atoms with van der Waals surface area (Å²) < 4.78 is 0. The average Bonchev–Trinajstić information content (AvgIpc) is 3.29. The number of benzene rings is 1. The van der Waals surface area contributed by atoms with E-state index in [4.69, 9.17) is 19.8 Å². The Labute approximate surface area is 166 Å². The molecule has 0 aromatic heterocycles. The summed E-state index contributed by atoms with van der Waals surface area (Å²) in [4.78, 5) is 23.5. The summed E-state index contributed by atoms with van der Waals surface area (Å²) in [6.45, 7) is 9.65. The number of hydrogen-bond acceptors (Lipinski definition) is 4. The van der Waals surface area contributed by atoms with E-state index in [2.05, 4.69) is 53.1 Å². The van der Waals surface area contributed by atoms with E-state index in [0.29, 0.717) is 0 Å². The second kappa shape index (κ2) is 9.34. The first-order valence-corrected chi connectivity index (χ1v) is 10.1. The molecule has 1 saturated heterocycles. The quantitative estimate of drug-likeness (QED) is 0.611. The Kier molecular flexibility index (Phi) is 6.86. The number of carboxylic acid groups (broad SMARTS) is 2. The van der Waals surface area contributed by atoms with Gasteiger partial charge < -0.3 is 15.1 Å². The summed E-state index contributed by atoms with van der Waals surface area (Å²) in [5, 5.41) is 14.8. The van der Waals surface area contributed by atoms with E-state index < -0.39 is 11.9 Å². The predicted octanol–water partition coefficient (Wildman–Crippen LogP) is 2.48. The van der Waals surface area contributed by atoms with Gasteiger partial charge in [-0.3, -0.25) is 4.90 Å². The van der Waals surface area contributed by atoms with Crippen LogP contribution in [-0.2, 0) is 16.1 Å². The maximum absolute atomic E-state index is 9.10. The van der Waals surface area contributed by atoms with Gasteiger partial charge in [0.15, 0.2) is 0 Å². The van der Waals surface area contributed by atoms with Gasteiger partial charge in [0.05, 0.1) is 0 Å². The summed E-state index contributed by atoms with van der Waals surface area (Å²) in [6, 6.07) is 8.82. The van der Waals surface area contributed by atoms with Crippen molar-refractivity contribution < 1.29 is 19.8 Å². The van der Waals surface area contributed by atoms with Crippen LogP contribution in [0.25, 0.3) is 0 Å². The van der Waals surface area contributed by atoms with Gasteiger partial charge in [-0.15, -0.1) is 0 Å². The van der Waals surface area contributed by atoms with Crippen LogP contribution in [0.1, 0.15) is 24.0 Å². The van der Waals surface area contributed by atoms with Gasteiger partial charge in [0.2, 0.25) is 0 Å². The summed E-state index contributed by atoms with van der Waals surface area (Å²) in [7, 11) is 0. The van der Waals surface area contributed by atoms with Gasteiger partial charge in [-0.2, -0.15) is 0 Å². The number of rotatable bonds is 4. The number of carboxylic acids is 2. The van der Waals surface area contributed by atoms with Crippen LogP contribution in [0.15, 0.2) is 36.4 Å². The minimum atomic E-state index is -1.82. The highest BCUT2D eigenvalue weighted by atomic mass is 16.4. The Morgan fingerprint density at radius 2 is 1.61 bits per heavy atom. The number of aryl methyl sites for hydroxylation is 1. The number of carbonyl (C=O) groups is 2. The second-order valence-electron chi connectivity index (χ2n) is 8.15. The van der Waals surface area contributed by atoms with Crippen LogP contribution in [0.4, 0.5) is 0 Å².